The number of nitrogens with zero attached hydrogens (tertiary/aromatic N) is 3. The lowest BCUT2D eigenvalue weighted by Crippen LogP contribution is -2.21. The highest BCUT2D eigenvalue weighted by Crippen LogP contribution is 2.20. The van der Waals surface area contributed by atoms with Crippen LogP contribution in [0.2, 0.25) is 0 Å². The summed E-state index contributed by atoms with van der Waals surface area (Å²) in [7, 11) is 0. The molecule has 1 aromatic heterocycles. The van der Waals surface area contributed by atoms with Gasteiger partial charge in [0.15, 0.2) is 5.69 Å². The van der Waals surface area contributed by atoms with E-state index in [-0.39, 0.29) is 5.69 Å². The average molecular weight is 286 g/mol. The van der Waals surface area contributed by atoms with Gasteiger partial charge < -0.3 is 15.3 Å². The van der Waals surface area contributed by atoms with Crippen molar-refractivity contribution in [3.63, 3.8) is 0 Å². The van der Waals surface area contributed by atoms with Crippen LogP contribution in [-0.4, -0.2) is 34.1 Å². The molecule has 1 aromatic carbocycles. The highest BCUT2D eigenvalue weighted by atomic mass is 16.4. The molecule has 1 heterocycles. The largest absolute Gasteiger partial charge is 0.476 e. The highest BCUT2D eigenvalue weighted by Gasteiger charge is 2.06. The van der Waals surface area contributed by atoms with Gasteiger partial charge in [0.25, 0.3) is 0 Å². The standard InChI is InChI=1S/C15H18N4O2/c1-3-19(4-2)12-7-5-11(6-8-12)17-14-10-16-9-13(18-14)15(20)21/h5-10H,3-4H2,1-2H3,(H,17,18)(H,20,21). The predicted octanol–water partition coefficient (Wildman–Crippen LogP) is 2.76. The minimum Gasteiger partial charge on any atom is -0.476 e. The maximum Gasteiger partial charge on any atom is 0.356 e. The maximum atomic E-state index is 10.9. The summed E-state index contributed by atoms with van der Waals surface area (Å²) in [5.74, 6) is -0.687. The lowest BCUT2D eigenvalue weighted by atomic mass is 10.2. The average Bonchev–Trinajstić information content (AvgIpc) is 2.50. The predicted molar refractivity (Wildman–Crippen MR) is 82.3 cm³/mol. The number of rotatable bonds is 6. The Morgan fingerprint density at radius 2 is 1.86 bits per heavy atom. The van der Waals surface area contributed by atoms with Gasteiger partial charge in [-0.25, -0.2) is 9.78 Å². The fraction of sp³-hybridized carbons (Fsp3) is 0.267. The Kier molecular flexibility index (Phi) is 4.71. The number of carboxylic acids is 1. The third kappa shape index (κ3) is 3.68. The Morgan fingerprint density at radius 1 is 1.19 bits per heavy atom. The van der Waals surface area contributed by atoms with Gasteiger partial charge in [0.05, 0.1) is 12.4 Å². The zero-order valence-corrected chi connectivity index (χ0v) is 12.1. The summed E-state index contributed by atoms with van der Waals surface area (Å²) < 4.78 is 0. The van der Waals surface area contributed by atoms with Crippen molar-refractivity contribution in [1.29, 1.82) is 0 Å². The smallest absolute Gasteiger partial charge is 0.356 e. The molecule has 0 spiro atoms. The van der Waals surface area contributed by atoms with E-state index in [9.17, 15) is 4.79 Å². The summed E-state index contributed by atoms with van der Waals surface area (Å²) in [6.45, 7) is 6.14. The fourth-order valence-electron chi connectivity index (χ4n) is 2.02. The van der Waals surface area contributed by atoms with E-state index >= 15 is 0 Å². The van der Waals surface area contributed by atoms with Crippen LogP contribution in [0, 0.1) is 0 Å². The third-order valence-corrected chi connectivity index (χ3v) is 3.12. The molecule has 21 heavy (non-hydrogen) atoms. The summed E-state index contributed by atoms with van der Waals surface area (Å²) >= 11 is 0. The monoisotopic (exact) mass is 286 g/mol. The van der Waals surface area contributed by atoms with Crippen LogP contribution in [0.15, 0.2) is 36.7 Å². The minimum atomic E-state index is -1.09. The van der Waals surface area contributed by atoms with Gasteiger partial charge in [0.2, 0.25) is 0 Å². The van der Waals surface area contributed by atoms with Gasteiger partial charge in [-0.15, -0.1) is 0 Å². The van der Waals surface area contributed by atoms with Crippen LogP contribution in [0.25, 0.3) is 0 Å². The molecule has 0 aliphatic carbocycles. The number of aromatic carboxylic acids is 1. The van der Waals surface area contributed by atoms with E-state index < -0.39 is 5.97 Å². The number of carboxylic acid groups (broad SMARTS) is 1. The zero-order valence-electron chi connectivity index (χ0n) is 12.1. The summed E-state index contributed by atoms with van der Waals surface area (Å²) in [6.07, 6.45) is 2.71. The topological polar surface area (TPSA) is 78.4 Å². The minimum absolute atomic E-state index is 0.0836. The molecule has 6 nitrogen and oxygen atoms in total. The van der Waals surface area contributed by atoms with Gasteiger partial charge >= 0.3 is 5.97 Å². The second kappa shape index (κ2) is 6.69. The van der Waals surface area contributed by atoms with Gasteiger partial charge in [-0.05, 0) is 38.1 Å². The highest BCUT2D eigenvalue weighted by molar-refractivity contribution is 5.85. The van der Waals surface area contributed by atoms with E-state index in [1.165, 1.54) is 12.4 Å². The van der Waals surface area contributed by atoms with Crippen LogP contribution in [0.1, 0.15) is 24.3 Å². The number of hydrogen-bond donors (Lipinski definition) is 2. The molecule has 2 N–H and O–H groups in total. The lowest BCUT2D eigenvalue weighted by Gasteiger charge is -2.21. The summed E-state index contributed by atoms with van der Waals surface area (Å²) in [4.78, 5) is 20.9. The number of benzene rings is 1. The van der Waals surface area contributed by atoms with Gasteiger partial charge in [-0.3, -0.25) is 4.98 Å². The van der Waals surface area contributed by atoms with Crippen LogP contribution in [0.4, 0.5) is 17.2 Å². The van der Waals surface area contributed by atoms with E-state index in [1.807, 2.05) is 24.3 Å². The first-order chi connectivity index (χ1) is 10.1. The quantitative estimate of drug-likeness (QED) is 0.850. The first kappa shape index (κ1) is 14.8. The van der Waals surface area contributed by atoms with Gasteiger partial charge in [-0.1, -0.05) is 0 Å². The molecule has 0 fully saturated rings. The van der Waals surface area contributed by atoms with Gasteiger partial charge in [0.1, 0.15) is 5.82 Å². The number of nitrogens with one attached hydrogen (secondary N) is 1. The van der Waals surface area contributed by atoms with Crippen molar-refractivity contribution < 1.29 is 9.90 Å². The number of carbonyl (C=O) groups is 1. The molecular weight excluding hydrogens is 268 g/mol. The van der Waals surface area contributed by atoms with E-state index in [0.29, 0.717) is 5.82 Å². The van der Waals surface area contributed by atoms with Gasteiger partial charge in [-0.2, -0.15) is 0 Å². The van der Waals surface area contributed by atoms with Crippen molar-refractivity contribution in [2.24, 2.45) is 0 Å². The Hall–Kier alpha value is -2.63. The molecular formula is C15H18N4O2. The molecule has 0 aliphatic rings. The molecule has 0 saturated carbocycles. The molecule has 110 valence electrons. The van der Waals surface area contributed by atoms with Crippen LogP contribution in [-0.2, 0) is 0 Å². The van der Waals surface area contributed by atoms with Crippen molar-refractivity contribution in [2.75, 3.05) is 23.3 Å². The van der Waals surface area contributed by atoms with E-state index in [0.717, 1.165) is 24.5 Å². The molecule has 2 rings (SSSR count). The van der Waals surface area contributed by atoms with Crippen LogP contribution in [0.5, 0.6) is 0 Å². The number of anilines is 3. The molecule has 0 bridgehead atoms. The molecule has 2 aromatic rings. The Balaban J connectivity index is 2.13. The molecule has 0 atom stereocenters. The lowest BCUT2D eigenvalue weighted by molar-refractivity contribution is 0.0690. The van der Waals surface area contributed by atoms with Crippen molar-refractivity contribution >= 4 is 23.2 Å². The van der Waals surface area contributed by atoms with Crippen molar-refractivity contribution in [3.8, 4) is 0 Å². The van der Waals surface area contributed by atoms with Crippen LogP contribution in [0.3, 0.4) is 0 Å². The van der Waals surface area contributed by atoms with E-state index in [4.69, 9.17) is 5.11 Å². The summed E-state index contributed by atoms with van der Waals surface area (Å²) in [5, 5.41) is 11.9. The second-order valence-electron chi connectivity index (χ2n) is 4.44. The first-order valence-electron chi connectivity index (χ1n) is 6.81. The maximum absolute atomic E-state index is 10.9. The van der Waals surface area contributed by atoms with Crippen molar-refractivity contribution in [3.05, 3.63) is 42.4 Å². The molecule has 6 heteroatoms. The summed E-state index contributed by atoms with van der Waals surface area (Å²) in [5.41, 5.74) is 1.90. The molecule has 0 unspecified atom stereocenters. The second-order valence-corrected chi connectivity index (χ2v) is 4.44. The van der Waals surface area contributed by atoms with Crippen molar-refractivity contribution in [2.45, 2.75) is 13.8 Å². The van der Waals surface area contributed by atoms with Crippen molar-refractivity contribution in [1.82, 2.24) is 9.97 Å². The van der Waals surface area contributed by atoms with E-state index in [2.05, 4.69) is 34.0 Å². The fourth-order valence-corrected chi connectivity index (χ4v) is 2.02. The Labute approximate surface area is 123 Å². The van der Waals surface area contributed by atoms with Gasteiger partial charge in [0, 0.05) is 24.5 Å². The molecule has 0 saturated heterocycles. The zero-order chi connectivity index (χ0) is 15.2. The molecule has 0 radical (unpaired) electrons. The Morgan fingerprint density at radius 3 is 2.43 bits per heavy atom. The van der Waals surface area contributed by atoms with Crippen LogP contribution >= 0.6 is 0 Å². The molecule has 0 aliphatic heterocycles. The van der Waals surface area contributed by atoms with Crippen LogP contribution < -0.4 is 10.2 Å². The Bertz CT molecular complexity index is 609. The normalized spacial score (nSPS) is 10.2. The SMILES string of the molecule is CCN(CC)c1ccc(Nc2cncc(C(=O)O)n2)cc1. The summed E-state index contributed by atoms with van der Waals surface area (Å²) in [6, 6.07) is 7.90. The number of aromatic nitrogens is 2. The third-order valence-electron chi connectivity index (χ3n) is 3.12. The van der Waals surface area contributed by atoms with E-state index in [1.54, 1.807) is 0 Å². The molecule has 0 amide bonds. The number of hydrogen-bond acceptors (Lipinski definition) is 5. The first-order valence-corrected chi connectivity index (χ1v) is 6.81.